The van der Waals surface area contributed by atoms with Crippen LogP contribution < -0.4 is 5.32 Å². The van der Waals surface area contributed by atoms with Crippen molar-refractivity contribution in [3.05, 3.63) is 34.9 Å². The lowest BCUT2D eigenvalue weighted by atomic mass is 10.1. The van der Waals surface area contributed by atoms with E-state index in [0.717, 1.165) is 23.1 Å². The number of carbonyl (C=O) groups excluding carboxylic acids is 1. The highest BCUT2D eigenvalue weighted by Gasteiger charge is 2.07. The Morgan fingerprint density at radius 2 is 2.12 bits per heavy atom. The van der Waals surface area contributed by atoms with E-state index in [9.17, 15) is 4.79 Å². The molecule has 17 heavy (non-hydrogen) atoms. The molecule has 0 radical (unpaired) electrons. The fraction of sp³-hybridized carbons (Fsp3) is 0.500. The number of aliphatic hydroxyl groups is 1. The number of aliphatic hydroxyl groups excluding tert-OH is 1. The lowest BCUT2D eigenvalue weighted by Gasteiger charge is -2.09. The predicted molar refractivity (Wildman–Crippen MR) is 69.2 cm³/mol. The van der Waals surface area contributed by atoms with Gasteiger partial charge in [0.2, 0.25) is 0 Å². The first-order valence-electron chi connectivity index (χ1n) is 6.04. The van der Waals surface area contributed by atoms with Crippen LogP contribution in [-0.4, -0.2) is 23.7 Å². The van der Waals surface area contributed by atoms with Crippen LogP contribution in [0.4, 0.5) is 0 Å². The molecule has 0 fully saturated rings. The van der Waals surface area contributed by atoms with Crippen molar-refractivity contribution in [1.82, 2.24) is 5.32 Å². The van der Waals surface area contributed by atoms with Crippen LogP contribution in [0.25, 0.3) is 0 Å². The van der Waals surface area contributed by atoms with Gasteiger partial charge in [0.25, 0.3) is 5.91 Å². The van der Waals surface area contributed by atoms with Gasteiger partial charge in [0.15, 0.2) is 0 Å². The van der Waals surface area contributed by atoms with E-state index in [1.54, 1.807) is 6.92 Å². The molecule has 0 aliphatic carbocycles. The van der Waals surface area contributed by atoms with Crippen molar-refractivity contribution in [1.29, 1.82) is 0 Å². The summed E-state index contributed by atoms with van der Waals surface area (Å²) in [6, 6.07) is 5.80. The third-order valence-corrected chi connectivity index (χ3v) is 2.71. The molecule has 1 amide bonds. The van der Waals surface area contributed by atoms with Gasteiger partial charge in [0.1, 0.15) is 0 Å². The van der Waals surface area contributed by atoms with E-state index >= 15 is 0 Å². The fourth-order valence-electron chi connectivity index (χ4n) is 1.76. The Hall–Kier alpha value is -1.35. The summed E-state index contributed by atoms with van der Waals surface area (Å²) in [7, 11) is 0. The first-order valence-corrected chi connectivity index (χ1v) is 6.04. The molecule has 2 N–H and O–H groups in total. The number of hydrogen-bond donors (Lipinski definition) is 2. The highest BCUT2D eigenvalue weighted by molar-refractivity contribution is 5.95. The Bertz CT molecular complexity index is 386. The van der Waals surface area contributed by atoms with Gasteiger partial charge in [0.05, 0.1) is 6.10 Å². The van der Waals surface area contributed by atoms with Gasteiger partial charge in [-0.2, -0.15) is 0 Å². The average molecular weight is 235 g/mol. The first kappa shape index (κ1) is 13.7. The molecule has 0 bridgehead atoms. The molecule has 1 aromatic carbocycles. The molecular formula is C14H21NO2. The number of carbonyl (C=O) groups is 1. The number of rotatable bonds is 5. The van der Waals surface area contributed by atoms with Gasteiger partial charge in [-0.05, 0) is 45.2 Å². The van der Waals surface area contributed by atoms with Crippen molar-refractivity contribution in [2.45, 2.75) is 39.7 Å². The van der Waals surface area contributed by atoms with E-state index in [4.69, 9.17) is 5.11 Å². The summed E-state index contributed by atoms with van der Waals surface area (Å²) in [6.07, 6.45) is 1.22. The molecule has 0 saturated heterocycles. The molecular weight excluding hydrogens is 214 g/mol. The Labute approximate surface area is 103 Å². The number of benzene rings is 1. The second-order valence-corrected chi connectivity index (χ2v) is 4.57. The Morgan fingerprint density at radius 3 is 2.71 bits per heavy atom. The van der Waals surface area contributed by atoms with Crippen LogP contribution in [0.2, 0.25) is 0 Å². The van der Waals surface area contributed by atoms with E-state index in [0.29, 0.717) is 13.0 Å². The molecule has 3 nitrogen and oxygen atoms in total. The van der Waals surface area contributed by atoms with E-state index in [1.165, 1.54) is 0 Å². The maximum Gasteiger partial charge on any atom is 0.251 e. The Morgan fingerprint density at radius 1 is 1.41 bits per heavy atom. The maximum atomic E-state index is 11.8. The lowest BCUT2D eigenvalue weighted by molar-refractivity contribution is 0.0949. The maximum absolute atomic E-state index is 11.8. The van der Waals surface area contributed by atoms with E-state index < -0.39 is 0 Å². The third kappa shape index (κ3) is 4.57. The summed E-state index contributed by atoms with van der Waals surface area (Å²) >= 11 is 0. The molecule has 1 rings (SSSR count). The Balaban J connectivity index is 2.47. The summed E-state index contributed by atoms with van der Waals surface area (Å²) in [4.78, 5) is 11.8. The molecule has 0 heterocycles. The summed E-state index contributed by atoms with van der Waals surface area (Å²) in [5, 5.41) is 12.0. The average Bonchev–Trinajstić information content (AvgIpc) is 2.23. The first-order chi connectivity index (χ1) is 8.00. The molecule has 0 saturated carbocycles. The van der Waals surface area contributed by atoms with Crippen LogP contribution in [0.5, 0.6) is 0 Å². The van der Waals surface area contributed by atoms with Gasteiger partial charge in [0, 0.05) is 12.1 Å². The van der Waals surface area contributed by atoms with E-state index in [2.05, 4.69) is 5.32 Å². The molecule has 0 spiro atoms. The van der Waals surface area contributed by atoms with Crippen molar-refractivity contribution in [2.24, 2.45) is 0 Å². The fourth-order valence-corrected chi connectivity index (χ4v) is 1.76. The zero-order valence-electron chi connectivity index (χ0n) is 10.8. The quantitative estimate of drug-likeness (QED) is 0.769. The summed E-state index contributed by atoms with van der Waals surface area (Å²) < 4.78 is 0. The summed E-state index contributed by atoms with van der Waals surface area (Å²) in [6.45, 7) is 6.32. The number of hydrogen-bond acceptors (Lipinski definition) is 2. The highest BCUT2D eigenvalue weighted by Crippen LogP contribution is 2.10. The van der Waals surface area contributed by atoms with Crippen molar-refractivity contribution in [2.75, 3.05) is 6.54 Å². The van der Waals surface area contributed by atoms with Gasteiger partial charge < -0.3 is 10.4 Å². The smallest absolute Gasteiger partial charge is 0.251 e. The Kier molecular flexibility index (Phi) is 5.16. The molecule has 1 atom stereocenters. The van der Waals surface area contributed by atoms with Crippen LogP contribution in [0.15, 0.2) is 18.2 Å². The van der Waals surface area contributed by atoms with Gasteiger partial charge in [-0.15, -0.1) is 0 Å². The minimum absolute atomic E-state index is 0.0342. The highest BCUT2D eigenvalue weighted by atomic mass is 16.3. The molecule has 0 aliphatic heterocycles. The van der Waals surface area contributed by atoms with Crippen molar-refractivity contribution in [3.63, 3.8) is 0 Å². The predicted octanol–water partition coefficient (Wildman–Crippen LogP) is 2.19. The molecule has 0 aromatic heterocycles. The van der Waals surface area contributed by atoms with Crippen molar-refractivity contribution in [3.8, 4) is 0 Å². The van der Waals surface area contributed by atoms with Crippen LogP contribution >= 0.6 is 0 Å². The van der Waals surface area contributed by atoms with Crippen LogP contribution in [-0.2, 0) is 0 Å². The zero-order chi connectivity index (χ0) is 12.8. The van der Waals surface area contributed by atoms with Crippen molar-refractivity contribution >= 4 is 5.91 Å². The molecule has 0 aliphatic rings. The molecule has 1 aromatic rings. The van der Waals surface area contributed by atoms with Crippen LogP contribution in [0, 0.1) is 13.8 Å². The van der Waals surface area contributed by atoms with Crippen LogP contribution in [0.3, 0.4) is 0 Å². The summed E-state index contributed by atoms with van der Waals surface area (Å²) in [5.41, 5.74) is 2.89. The zero-order valence-corrected chi connectivity index (χ0v) is 10.8. The second-order valence-electron chi connectivity index (χ2n) is 4.57. The van der Waals surface area contributed by atoms with Crippen LogP contribution in [0.1, 0.15) is 41.3 Å². The van der Waals surface area contributed by atoms with Gasteiger partial charge in [-0.3, -0.25) is 4.79 Å². The number of nitrogens with one attached hydrogen (secondary N) is 1. The minimum Gasteiger partial charge on any atom is -0.393 e. The topological polar surface area (TPSA) is 49.3 Å². The summed E-state index contributed by atoms with van der Waals surface area (Å²) in [5.74, 6) is -0.0342. The monoisotopic (exact) mass is 235 g/mol. The third-order valence-electron chi connectivity index (χ3n) is 2.71. The van der Waals surface area contributed by atoms with E-state index in [-0.39, 0.29) is 12.0 Å². The largest absolute Gasteiger partial charge is 0.393 e. The van der Waals surface area contributed by atoms with E-state index in [1.807, 2.05) is 32.0 Å². The van der Waals surface area contributed by atoms with Gasteiger partial charge in [-0.1, -0.05) is 17.7 Å². The lowest BCUT2D eigenvalue weighted by Crippen LogP contribution is -2.25. The normalized spacial score (nSPS) is 12.2. The number of amides is 1. The number of aryl methyl sites for hydroxylation is 2. The van der Waals surface area contributed by atoms with Crippen molar-refractivity contribution < 1.29 is 9.90 Å². The molecule has 3 heteroatoms. The standard InChI is InChI=1S/C14H21NO2/c1-10-6-7-13(11(2)9-10)14(17)15-8-4-5-12(3)16/h6-7,9,12,16H,4-5,8H2,1-3H3,(H,15,17). The second kappa shape index (κ2) is 6.40. The molecule has 94 valence electrons. The van der Waals surface area contributed by atoms with Gasteiger partial charge in [-0.25, -0.2) is 0 Å². The SMILES string of the molecule is Cc1ccc(C(=O)NCCCC(C)O)c(C)c1. The minimum atomic E-state index is -0.298. The van der Waals surface area contributed by atoms with Gasteiger partial charge >= 0.3 is 0 Å². The molecule has 1 unspecified atom stereocenters.